The second-order valence-corrected chi connectivity index (χ2v) is 4.42. The third kappa shape index (κ3) is 4.68. The Bertz CT molecular complexity index is 342. The van der Waals surface area contributed by atoms with E-state index in [1.54, 1.807) is 11.8 Å². The predicted octanol–water partition coefficient (Wildman–Crippen LogP) is 2.19. The van der Waals surface area contributed by atoms with Gasteiger partial charge in [-0.3, -0.25) is 4.79 Å². The maximum Gasteiger partial charge on any atom is 0.306 e. The fraction of sp³-hybridized carbons (Fsp3) is 0.417. The van der Waals surface area contributed by atoms with Gasteiger partial charge in [0, 0.05) is 17.2 Å². The average Bonchev–Trinajstić information content (AvgIpc) is 2.30. The van der Waals surface area contributed by atoms with Gasteiger partial charge in [0.2, 0.25) is 0 Å². The maximum atomic E-state index is 11.1. The lowest BCUT2D eigenvalue weighted by Gasteiger charge is -2.03. The number of hydrogen-bond donors (Lipinski definition) is 1. The minimum atomic E-state index is -0.134. The number of thioether (sulfide) groups is 1. The molecule has 1 rings (SSSR count). The van der Waals surface area contributed by atoms with Gasteiger partial charge in [-0.15, -0.1) is 11.8 Å². The van der Waals surface area contributed by atoms with Crippen molar-refractivity contribution >= 4 is 17.7 Å². The third-order valence-corrected chi connectivity index (χ3v) is 3.01. The van der Waals surface area contributed by atoms with Crippen LogP contribution < -0.4 is 5.73 Å². The van der Waals surface area contributed by atoms with Crippen LogP contribution in [0, 0.1) is 0 Å². The van der Waals surface area contributed by atoms with Gasteiger partial charge < -0.3 is 10.5 Å². The molecule has 1 aromatic carbocycles. The van der Waals surface area contributed by atoms with Crippen LogP contribution in [0.3, 0.4) is 0 Å². The molecule has 0 radical (unpaired) electrons. The Labute approximate surface area is 100 Å². The topological polar surface area (TPSA) is 52.3 Å². The second-order valence-electron chi connectivity index (χ2n) is 3.26. The Balaban J connectivity index is 2.34. The van der Waals surface area contributed by atoms with Crippen LogP contribution in [0.4, 0.5) is 0 Å². The van der Waals surface area contributed by atoms with Crippen molar-refractivity contribution in [3.8, 4) is 0 Å². The molecule has 2 N–H and O–H groups in total. The molecular formula is C12H17NO2S. The molecule has 0 fully saturated rings. The molecule has 0 aromatic heterocycles. The van der Waals surface area contributed by atoms with Crippen molar-refractivity contribution in [1.82, 2.24) is 0 Å². The first-order valence-electron chi connectivity index (χ1n) is 5.33. The average molecular weight is 239 g/mol. The Morgan fingerprint density at radius 1 is 1.50 bits per heavy atom. The van der Waals surface area contributed by atoms with Crippen molar-refractivity contribution in [2.24, 2.45) is 5.73 Å². The summed E-state index contributed by atoms with van der Waals surface area (Å²) < 4.78 is 4.85. The highest BCUT2D eigenvalue weighted by molar-refractivity contribution is 7.99. The zero-order chi connectivity index (χ0) is 11.8. The van der Waals surface area contributed by atoms with Crippen LogP contribution in [0.2, 0.25) is 0 Å². The SMILES string of the molecule is CCOC(=O)CCSc1cccc(CN)c1. The lowest BCUT2D eigenvalue weighted by molar-refractivity contribution is -0.142. The molecule has 0 aliphatic carbocycles. The quantitative estimate of drug-likeness (QED) is 0.610. The van der Waals surface area contributed by atoms with E-state index in [1.165, 1.54) is 0 Å². The molecule has 0 saturated heterocycles. The van der Waals surface area contributed by atoms with Crippen LogP contribution in [-0.4, -0.2) is 18.3 Å². The summed E-state index contributed by atoms with van der Waals surface area (Å²) in [5.41, 5.74) is 6.66. The molecule has 0 atom stereocenters. The Kier molecular flexibility index (Phi) is 5.96. The van der Waals surface area contributed by atoms with Gasteiger partial charge in [0.05, 0.1) is 13.0 Å². The highest BCUT2D eigenvalue weighted by Crippen LogP contribution is 2.19. The van der Waals surface area contributed by atoms with Crippen molar-refractivity contribution < 1.29 is 9.53 Å². The van der Waals surface area contributed by atoms with E-state index in [0.29, 0.717) is 19.6 Å². The third-order valence-electron chi connectivity index (χ3n) is 2.01. The molecule has 0 heterocycles. The first-order chi connectivity index (χ1) is 7.76. The maximum absolute atomic E-state index is 11.1. The molecule has 0 aliphatic heterocycles. The number of esters is 1. The molecule has 0 unspecified atom stereocenters. The molecule has 0 saturated carbocycles. The Hall–Kier alpha value is -1.00. The number of carbonyl (C=O) groups is 1. The van der Waals surface area contributed by atoms with E-state index in [0.717, 1.165) is 16.2 Å². The van der Waals surface area contributed by atoms with Gasteiger partial charge in [0.1, 0.15) is 0 Å². The molecule has 88 valence electrons. The van der Waals surface area contributed by atoms with Crippen LogP contribution in [-0.2, 0) is 16.1 Å². The van der Waals surface area contributed by atoms with Crippen molar-refractivity contribution in [2.45, 2.75) is 24.8 Å². The number of ether oxygens (including phenoxy) is 1. The van der Waals surface area contributed by atoms with Crippen LogP contribution in [0.1, 0.15) is 18.9 Å². The van der Waals surface area contributed by atoms with Gasteiger partial charge in [-0.1, -0.05) is 12.1 Å². The number of hydrogen-bond acceptors (Lipinski definition) is 4. The molecule has 4 heteroatoms. The summed E-state index contributed by atoms with van der Waals surface area (Å²) in [7, 11) is 0. The minimum Gasteiger partial charge on any atom is -0.466 e. The van der Waals surface area contributed by atoms with Crippen molar-refractivity contribution in [2.75, 3.05) is 12.4 Å². The monoisotopic (exact) mass is 239 g/mol. The first kappa shape index (κ1) is 13.1. The summed E-state index contributed by atoms with van der Waals surface area (Å²) in [6.07, 6.45) is 0.450. The number of carbonyl (C=O) groups excluding carboxylic acids is 1. The highest BCUT2D eigenvalue weighted by Gasteiger charge is 2.02. The Morgan fingerprint density at radius 2 is 2.31 bits per heavy atom. The standard InChI is InChI=1S/C12H17NO2S/c1-2-15-12(14)6-7-16-11-5-3-4-10(8-11)9-13/h3-5,8H,2,6-7,9,13H2,1H3. The molecule has 0 spiro atoms. The molecule has 16 heavy (non-hydrogen) atoms. The van der Waals surface area contributed by atoms with E-state index in [1.807, 2.05) is 25.1 Å². The summed E-state index contributed by atoms with van der Waals surface area (Å²) in [6, 6.07) is 8.05. The molecule has 0 bridgehead atoms. The number of benzene rings is 1. The summed E-state index contributed by atoms with van der Waals surface area (Å²) in [5, 5.41) is 0. The molecule has 1 aromatic rings. The van der Waals surface area contributed by atoms with Crippen molar-refractivity contribution in [3.63, 3.8) is 0 Å². The van der Waals surface area contributed by atoms with E-state index >= 15 is 0 Å². The molecular weight excluding hydrogens is 222 g/mol. The van der Waals surface area contributed by atoms with E-state index in [4.69, 9.17) is 10.5 Å². The first-order valence-corrected chi connectivity index (χ1v) is 6.32. The van der Waals surface area contributed by atoms with Gasteiger partial charge in [-0.25, -0.2) is 0 Å². The van der Waals surface area contributed by atoms with Gasteiger partial charge in [0.15, 0.2) is 0 Å². The van der Waals surface area contributed by atoms with Crippen LogP contribution >= 0.6 is 11.8 Å². The smallest absolute Gasteiger partial charge is 0.306 e. The fourth-order valence-electron chi connectivity index (χ4n) is 1.25. The summed E-state index contributed by atoms with van der Waals surface area (Å²) in [5.74, 6) is 0.609. The van der Waals surface area contributed by atoms with E-state index in [2.05, 4.69) is 6.07 Å². The van der Waals surface area contributed by atoms with E-state index in [-0.39, 0.29) is 5.97 Å². The minimum absolute atomic E-state index is 0.134. The highest BCUT2D eigenvalue weighted by atomic mass is 32.2. The van der Waals surface area contributed by atoms with Crippen LogP contribution in [0.25, 0.3) is 0 Å². The molecule has 0 amide bonds. The van der Waals surface area contributed by atoms with Crippen LogP contribution in [0.5, 0.6) is 0 Å². The number of nitrogens with two attached hydrogens (primary N) is 1. The van der Waals surface area contributed by atoms with Gasteiger partial charge >= 0.3 is 5.97 Å². The number of rotatable bonds is 6. The van der Waals surface area contributed by atoms with Gasteiger partial charge in [-0.05, 0) is 24.6 Å². The largest absolute Gasteiger partial charge is 0.466 e. The summed E-state index contributed by atoms with van der Waals surface area (Å²) >= 11 is 1.65. The van der Waals surface area contributed by atoms with Gasteiger partial charge in [0.25, 0.3) is 0 Å². The molecule has 0 aliphatic rings. The predicted molar refractivity (Wildman–Crippen MR) is 66.3 cm³/mol. The fourth-order valence-corrected chi connectivity index (χ4v) is 2.16. The normalized spacial score (nSPS) is 10.1. The van der Waals surface area contributed by atoms with Gasteiger partial charge in [-0.2, -0.15) is 0 Å². The Morgan fingerprint density at radius 3 is 3.00 bits per heavy atom. The van der Waals surface area contributed by atoms with E-state index < -0.39 is 0 Å². The zero-order valence-corrected chi connectivity index (χ0v) is 10.3. The second kappa shape index (κ2) is 7.30. The molecule has 3 nitrogen and oxygen atoms in total. The summed E-state index contributed by atoms with van der Waals surface area (Å²) in [4.78, 5) is 12.2. The van der Waals surface area contributed by atoms with E-state index in [9.17, 15) is 4.79 Å². The van der Waals surface area contributed by atoms with Crippen molar-refractivity contribution in [1.29, 1.82) is 0 Å². The van der Waals surface area contributed by atoms with Crippen LogP contribution in [0.15, 0.2) is 29.2 Å². The summed E-state index contributed by atoms with van der Waals surface area (Å²) in [6.45, 7) is 2.81. The van der Waals surface area contributed by atoms with Crippen molar-refractivity contribution in [3.05, 3.63) is 29.8 Å². The lowest BCUT2D eigenvalue weighted by atomic mass is 10.2. The zero-order valence-electron chi connectivity index (χ0n) is 9.44. The lowest BCUT2D eigenvalue weighted by Crippen LogP contribution is -2.04.